The Bertz CT molecular complexity index is 630. The molecule has 1 saturated heterocycles. The molecule has 1 fully saturated rings. The van der Waals surface area contributed by atoms with Crippen molar-refractivity contribution in [3.05, 3.63) is 35.9 Å². The van der Waals surface area contributed by atoms with Gasteiger partial charge < -0.3 is 20.3 Å². The van der Waals surface area contributed by atoms with E-state index in [-0.39, 0.29) is 29.6 Å². The molecule has 5 nitrogen and oxygen atoms in total. The maximum Gasteiger partial charge on any atom is 0.325 e. The number of benzene rings is 1. The summed E-state index contributed by atoms with van der Waals surface area (Å²) in [6, 6.07) is 10.3. The molecule has 0 radical (unpaired) electrons. The zero-order valence-corrected chi connectivity index (χ0v) is 18.0. The molecule has 0 bridgehead atoms. The maximum absolute atomic E-state index is 12.1. The molecule has 1 aliphatic rings. The molecule has 1 aromatic carbocycles. The van der Waals surface area contributed by atoms with E-state index in [1.165, 1.54) is 0 Å². The Hall–Kier alpha value is -1.66. The summed E-state index contributed by atoms with van der Waals surface area (Å²) in [5.74, 6) is -0.261. The summed E-state index contributed by atoms with van der Waals surface area (Å²) in [5.41, 5.74) is 1.16. The van der Waals surface area contributed by atoms with E-state index in [1.54, 1.807) is 0 Å². The molecule has 0 aromatic heterocycles. The fourth-order valence-corrected chi connectivity index (χ4v) is 4.35. The first-order valence-corrected chi connectivity index (χ1v) is 10.1. The fraction of sp³-hybridized carbons (Fsp3) is 0.619. The first kappa shape index (κ1) is 21.6. The average molecular weight is 392 g/mol. The standard InChI is InChI=1S/C21H33N3O2S/c1-6-26-18(25)15-24(14-16-10-8-7-9-11-16)19(27)22-17-12-20(2,3)23-21(4,5)13-17/h7-11,17,23H,6,12-15H2,1-5H3,(H,22,27). The van der Waals surface area contributed by atoms with E-state index in [2.05, 4.69) is 38.3 Å². The number of piperidine rings is 1. The molecular weight excluding hydrogens is 358 g/mol. The highest BCUT2D eigenvalue weighted by molar-refractivity contribution is 7.80. The average Bonchev–Trinajstić information content (AvgIpc) is 2.52. The van der Waals surface area contributed by atoms with Crippen LogP contribution in [-0.2, 0) is 16.1 Å². The van der Waals surface area contributed by atoms with Gasteiger partial charge >= 0.3 is 5.97 Å². The van der Waals surface area contributed by atoms with Gasteiger partial charge in [0.2, 0.25) is 0 Å². The minimum absolute atomic E-state index is 0.0282. The van der Waals surface area contributed by atoms with Crippen molar-refractivity contribution < 1.29 is 9.53 Å². The third-order valence-corrected chi connectivity index (χ3v) is 5.02. The Morgan fingerprint density at radius 1 is 1.22 bits per heavy atom. The van der Waals surface area contributed by atoms with Crippen LogP contribution in [0, 0.1) is 0 Å². The monoisotopic (exact) mass is 391 g/mol. The van der Waals surface area contributed by atoms with Crippen molar-refractivity contribution in [2.75, 3.05) is 13.2 Å². The lowest BCUT2D eigenvalue weighted by atomic mass is 9.80. The smallest absolute Gasteiger partial charge is 0.325 e. The first-order chi connectivity index (χ1) is 12.6. The molecule has 6 heteroatoms. The number of ether oxygens (including phenoxy) is 1. The molecule has 0 amide bonds. The Balaban J connectivity index is 2.09. The molecule has 0 spiro atoms. The Morgan fingerprint density at radius 2 is 1.81 bits per heavy atom. The highest BCUT2D eigenvalue weighted by atomic mass is 32.1. The lowest BCUT2D eigenvalue weighted by Crippen LogP contribution is -2.63. The van der Waals surface area contributed by atoms with Crippen molar-refractivity contribution in [2.45, 2.75) is 71.1 Å². The van der Waals surface area contributed by atoms with Crippen LogP contribution in [0.3, 0.4) is 0 Å². The van der Waals surface area contributed by atoms with Crippen LogP contribution < -0.4 is 10.6 Å². The summed E-state index contributed by atoms with van der Waals surface area (Å²) >= 11 is 5.69. The van der Waals surface area contributed by atoms with E-state index in [0.29, 0.717) is 18.3 Å². The normalized spacial score (nSPS) is 18.6. The SMILES string of the molecule is CCOC(=O)CN(Cc1ccccc1)C(=S)NC1CC(C)(C)NC(C)(C)C1. The number of carbonyl (C=O) groups excluding carboxylic acids is 1. The number of nitrogens with one attached hydrogen (secondary N) is 2. The summed E-state index contributed by atoms with van der Waals surface area (Å²) < 4.78 is 5.14. The van der Waals surface area contributed by atoms with Crippen molar-refractivity contribution in [2.24, 2.45) is 0 Å². The predicted octanol–water partition coefficient (Wildman–Crippen LogP) is 3.24. The van der Waals surface area contributed by atoms with Crippen LogP contribution in [0.25, 0.3) is 0 Å². The van der Waals surface area contributed by atoms with Gasteiger partial charge in [-0.25, -0.2) is 0 Å². The number of thiocarbonyl (C=S) groups is 1. The summed E-state index contributed by atoms with van der Waals surface area (Å²) in [7, 11) is 0. The van der Waals surface area contributed by atoms with Crippen LogP contribution in [0.2, 0.25) is 0 Å². The van der Waals surface area contributed by atoms with Crippen molar-refractivity contribution in [3.63, 3.8) is 0 Å². The third-order valence-electron chi connectivity index (χ3n) is 4.65. The molecule has 0 aliphatic carbocycles. The minimum Gasteiger partial charge on any atom is -0.465 e. The van der Waals surface area contributed by atoms with E-state index < -0.39 is 0 Å². The van der Waals surface area contributed by atoms with Gasteiger partial charge in [0, 0.05) is 23.7 Å². The highest BCUT2D eigenvalue weighted by Gasteiger charge is 2.38. The molecule has 0 unspecified atom stereocenters. The molecule has 2 rings (SSSR count). The summed E-state index contributed by atoms with van der Waals surface area (Å²) in [6.07, 6.45) is 1.93. The van der Waals surface area contributed by atoms with Gasteiger partial charge in [0.15, 0.2) is 5.11 Å². The van der Waals surface area contributed by atoms with E-state index in [0.717, 1.165) is 18.4 Å². The second-order valence-electron chi connectivity index (χ2n) is 8.59. The predicted molar refractivity (Wildman–Crippen MR) is 114 cm³/mol. The maximum atomic E-state index is 12.1. The van der Waals surface area contributed by atoms with Gasteiger partial charge in [0.05, 0.1) is 6.61 Å². The van der Waals surface area contributed by atoms with Crippen LogP contribution in [0.15, 0.2) is 30.3 Å². The van der Waals surface area contributed by atoms with Gasteiger partial charge in [-0.1, -0.05) is 30.3 Å². The number of hydrogen-bond donors (Lipinski definition) is 2. The molecule has 2 N–H and O–H groups in total. The number of carbonyl (C=O) groups is 1. The van der Waals surface area contributed by atoms with Crippen LogP contribution in [0.4, 0.5) is 0 Å². The molecule has 27 heavy (non-hydrogen) atoms. The second-order valence-corrected chi connectivity index (χ2v) is 8.98. The van der Waals surface area contributed by atoms with Gasteiger partial charge in [-0.3, -0.25) is 4.79 Å². The highest BCUT2D eigenvalue weighted by Crippen LogP contribution is 2.28. The number of nitrogens with zero attached hydrogens (tertiary/aromatic N) is 1. The largest absolute Gasteiger partial charge is 0.465 e. The van der Waals surface area contributed by atoms with Gasteiger partial charge in [0.25, 0.3) is 0 Å². The molecule has 1 aliphatic heterocycles. The summed E-state index contributed by atoms with van der Waals surface area (Å²) in [4.78, 5) is 14.0. The third kappa shape index (κ3) is 7.11. The lowest BCUT2D eigenvalue weighted by molar-refractivity contribution is -0.143. The van der Waals surface area contributed by atoms with Crippen LogP contribution >= 0.6 is 12.2 Å². The van der Waals surface area contributed by atoms with E-state index in [1.807, 2.05) is 42.2 Å². The molecule has 1 aromatic rings. The van der Waals surface area contributed by atoms with E-state index in [4.69, 9.17) is 17.0 Å². The number of rotatable bonds is 6. The number of esters is 1. The van der Waals surface area contributed by atoms with Gasteiger partial charge in [-0.15, -0.1) is 0 Å². The fourth-order valence-electron chi connectivity index (χ4n) is 4.06. The van der Waals surface area contributed by atoms with Gasteiger partial charge in [-0.05, 0) is 65.2 Å². The molecular formula is C21H33N3O2S. The van der Waals surface area contributed by atoms with Crippen molar-refractivity contribution >= 4 is 23.3 Å². The number of hydrogen-bond acceptors (Lipinski definition) is 4. The van der Waals surface area contributed by atoms with E-state index in [9.17, 15) is 4.79 Å². The minimum atomic E-state index is -0.261. The van der Waals surface area contributed by atoms with Crippen LogP contribution in [-0.4, -0.2) is 46.3 Å². The van der Waals surface area contributed by atoms with Crippen LogP contribution in [0.1, 0.15) is 53.0 Å². The lowest BCUT2D eigenvalue weighted by Gasteiger charge is -2.47. The zero-order chi connectivity index (χ0) is 20.1. The van der Waals surface area contributed by atoms with E-state index >= 15 is 0 Å². The molecule has 0 atom stereocenters. The topological polar surface area (TPSA) is 53.6 Å². The van der Waals surface area contributed by atoms with Crippen molar-refractivity contribution in [1.82, 2.24) is 15.5 Å². The zero-order valence-electron chi connectivity index (χ0n) is 17.2. The Kier molecular flexibility index (Phi) is 7.23. The van der Waals surface area contributed by atoms with Crippen LogP contribution in [0.5, 0.6) is 0 Å². The summed E-state index contributed by atoms with van der Waals surface area (Å²) in [6.45, 7) is 11.8. The Morgan fingerprint density at radius 3 is 2.37 bits per heavy atom. The quantitative estimate of drug-likeness (QED) is 0.574. The van der Waals surface area contributed by atoms with Gasteiger partial charge in [-0.2, -0.15) is 0 Å². The van der Waals surface area contributed by atoms with Crippen molar-refractivity contribution in [3.8, 4) is 0 Å². The van der Waals surface area contributed by atoms with Gasteiger partial charge in [0.1, 0.15) is 6.54 Å². The first-order valence-electron chi connectivity index (χ1n) is 9.64. The Labute approximate surface area is 168 Å². The second kappa shape index (κ2) is 9.02. The molecule has 0 saturated carbocycles. The van der Waals surface area contributed by atoms with Crippen molar-refractivity contribution in [1.29, 1.82) is 0 Å². The molecule has 1 heterocycles. The molecule has 150 valence electrons. The summed E-state index contributed by atoms with van der Waals surface area (Å²) in [5, 5.41) is 7.79.